The van der Waals surface area contributed by atoms with Crippen molar-refractivity contribution in [3.05, 3.63) is 35.4 Å². The summed E-state index contributed by atoms with van der Waals surface area (Å²) in [5, 5.41) is 6.64. The van der Waals surface area contributed by atoms with Gasteiger partial charge < -0.3 is 10.6 Å². The second-order valence-corrected chi connectivity index (χ2v) is 5.85. The first-order valence-corrected chi connectivity index (χ1v) is 8.03. The molecule has 4 nitrogen and oxygen atoms in total. The van der Waals surface area contributed by atoms with Gasteiger partial charge in [0.1, 0.15) is 0 Å². The van der Waals surface area contributed by atoms with Crippen LogP contribution in [0, 0.1) is 0 Å². The Morgan fingerprint density at radius 3 is 2.76 bits per heavy atom. The molecular formula is C17H28N4. The summed E-state index contributed by atoms with van der Waals surface area (Å²) in [6.45, 7) is 11.3. The average molecular weight is 288 g/mol. The molecule has 4 heteroatoms. The number of hydrogen-bond donors (Lipinski definition) is 2. The van der Waals surface area contributed by atoms with Crippen molar-refractivity contribution in [2.24, 2.45) is 4.99 Å². The van der Waals surface area contributed by atoms with E-state index in [-0.39, 0.29) is 0 Å². The highest BCUT2D eigenvalue weighted by atomic mass is 15.2. The Balaban J connectivity index is 1.83. The monoisotopic (exact) mass is 288 g/mol. The highest BCUT2D eigenvalue weighted by Crippen LogP contribution is 2.17. The Bertz CT molecular complexity index is 468. The van der Waals surface area contributed by atoms with Crippen LogP contribution in [0.15, 0.2) is 29.3 Å². The quantitative estimate of drug-likeness (QED) is 0.643. The molecule has 21 heavy (non-hydrogen) atoms. The SMILES string of the molecule is CCNC(=NCCN1CCc2ccccc2C1)NC(C)C. The highest BCUT2D eigenvalue weighted by Gasteiger charge is 2.14. The lowest BCUT2D eigenvalue weighted by atomic mass is 10.0. The number of guanidine groups is 1. The minimum atomic E-state index is 0.407. The van der Waals surface area contributed by atoms with Crippen LogP contribution in [0.1, 0.15) is 31.9 Å². The van der Waals surface area contributed by atoms with Crippen molar-refractivity contribution in [2.45, 2.75) is 39.8 Å². The first-order chi connectivity index (χ1) is 10.2. The second-order valence-electron chi connectivity index (χ2n) is 5.85. The zero-order chi connectivity index (χ0) is 15.1. The molecule has 0 aliphatic carbocycles. The smallest absolute Gasteiger partial charge is 0.191 e. The molecular weight excluding hydrogens is 260 g/mol. The van der Waals surface area contributed by atoms with Crippen LogP contribution >= 0.6 is 0 Å². The number of rotatable bonds is 5. The second kappa shape index (κ2) is 8.03. The van der Waals surface area contributed by atoms with Crippen LogP contribution in [0.5, 0.6) is 0 Å². The van der Waals surface area contributed by atoms with Crippen LogP contribution in [-0.4, -0.2) is 43.1 Å². The number of benzene rings is 1. The Hall–Kier alpha value is -1.55. The summed E-state index contributed by atoms with van der Waals surface area (Å²) in [5.41, 5.74) is 2.98. The number of fused-ring (bicyclic) bond motifs is 1. The molecule has 0 spiro atoms. The van der Waals surface area contributed by atoms with E-state index in [2.05, 4.69) is 65.6 Å². The largest absolute Gasteiger partial charge is 0.357 e. The third-order valence-electron chi connectivity index (χ3n) is 3.67. The van der Waals surface area contributed by atoms with Crippen LogP contribution in [0.4, 0.5) is 0 Å². The van der Waals surface area contributed by atoms with Gasteiger partial charge in [0.05, 0.1) is 6.54 Å². The summed E-state index contributed by atoms with van der Waals surface area (Å²) in [6, 6.07) is 9.18. The molecule has 1 aromatic rings. The lowest BCUT2D eigenvalue weighted by molar-refractivity contribution is 0.261. The zero-order valence-electron chi connectivity index (χ0n) is 13.5. The fourth-order valence-electron chi connectivity index (χ4n) is 2.64. The summed E-state index contributed by atoms with van der Waals surface area (Å²) in [4.78, 5) is 7.15. The maximum Gasteiger partial charge on any atom is 0.191 e. The number of aliphatic imine (C=N–C) groups is 1. The standard InChI is InChI=1S/C17H28N4/c1-4-18-17(20-14(2)3)19-10-12-21-11-9-15-7-5-6-8-16(15)13-21/h5-8,14H,4,9-13H2,1-3H3,(H2,18,19,20). The van der Waals surface area contributed by atoms with Gasteiger partial charge in [-0.2, -0.15) is 0 Å². The molecule has 1 aliphatic rings. The fourth-order valence-corrected chi connectivity index (χ4v) is 2.64. The number of nitrogens with one attached hydrogen (secondary N) is 2. The Labute approximate surface area is 128 Å². The maximum absolute atomic E-state index is 4.66. The average Bonchev–Trinajstić information content (AvgIpc) is 2.47. The molecule has 116 valence electrons. The van der Waals surface area contributed by atoms with E-state index < -0.39 is 0 Å². The molecule has 0 aromatic heterocycles. The van der Waals surface area contributed by atoms with Gasteiger partial charge in [0.15, 0.2) is 5.96 Å². The van der Waals surface area contributed by atoms with E-state index in [1.54, 1.807) is 0 Å². The lowest BCUT2D eigenvalue weighted by Crippen LogP contribution is -2.41. The molecule has 0 unspecified atom stereocenters. The van der Waals surface area contributed by atoms with Gasteiger partial charge in [-0.05, 0) is 38.3 Å². The van der Waals surface area contributed by atoms with Crippen molar-refractivity contribution in [1.82, 2.24) is 15.5 Å². The Morgan fingerprint density at radius 2 is 2.05 bits per heavy atom. The van der Waals surface area contributed by atoms with E-state index in [0.717, 1.165) is 45.1 Å². The first kappa shape index (κ1) is 15.8. The molecule has 0 radical (unpaired) electrons. The summed E-state index contributed by atoms with van der Waals surface area (Å²) in [7, 11) is 0. The van der Waals surface area contributed by atoms with Crippen molar-refractivity contribution in [1.29, 1.82) is 0 Å². The van der Waals surface area contributed by atoms with Crippen molar-refractivity contribution in [3.8, 4) is 0 Å². The van der Waals surface area contributed by atoms with Gasteiger partial charge in [0.2, 0.25) is 0 Å². The number of hydrogen-bond acceptors (Lipinski definition) is 2. The van der Waals surface area contributed by atoms with E-state index in [4.69, 9.17) is 0 Å². The molecule has 0 atom stereocenters. The first-order valence-electron chi connectivity index (χ1n) is 8.03. The van der Waals surface area contributed by atoms with Crippen LogP contribution in [0.25, 0.3) is 0 Å². The molecule has 0 saturated heterocycles. The fraction of sp³-hybridized carbons (Fsp3) is 0.588. The predicted octanol–water partition coefficient (Wildman–Crippen LogP) is 2.01. The number of nitrogens with zero attached hydrogens (tertiary/aromatic N) is 2. The van der Waals surface area contributed by atoms with E-state index in [9.17, 15) is 0 Å². The molecule has 1 aromatic carbocycles. The van der Waals surface area contributed by atoms with Crippen LogP contribution in [0.3, 0.4) is 0 Å². The predicted molar refractivity (Wildman–Crippen MR) is 89.7 cm³/mol. The van der Waals surface area contributed by atoms with E-state index in [0.29, 0.717) is 6.04 Å². The van der Waals surface area contributed by atoms with Crippen LogP contribution in [-0.2, 0) is 13.0 Å². The summed E-state index contributed by atoms with van der Waals surface area (Å²) in [5.74, 6) is 0.921. The topological polar surface area (TPSA) is 39.7 Å². The molecule has 0 fully saturated rings. The van der Waals surface area contributed by atoms with Gasteiger partial charge in [-0.3, -0.25) is 9.89 Å². The molecule has 2 N–H and O–H groups in total. The lowest BCUT2D eigenvalue weighted by Gasteiger charge is -2.28. The van der Waals surface area contributed by atoms with Gasteiger partial charge in [0.25, 0.3) is 0 Å². The molecule has 1 aliphatic heterocycles. The van der Waals surface area contributed by atoms with Gasteiger partial charge in [0, 0.05) is 32.2 Å². The molecule has 2 rings (SSSR count). The van der Waals surface area contributed by atoms with Crippen LogP contribution in [0.2, 0.25) is 0 Å². The maximum atomic E-state index is 4.66. The third-order valence-corrected chi connectivity index (χ3v) is 3.67. The minimum Gasteiger partial charge on any atom is -0.357 e. The third kappa shape index (κ3) is 5.05. The van der Waals surface area contributed by atoms with Crippen molar-refractivity contribution >= 4 is 5.96 Å². The van der Waals surface area contributed by atoms with Gasteiger partial charge in [-0.15, -0.1) is 0 Å². The zero-order valence-corrected chi connectivity index (χ0v) is 13.5. The highest BCUT2D eigenvalue weighted by molar-refractivity contribution is 5.79. The Kier molecular flexibility index (Phi) is 6.05. The summed E-state index contributed by atoms with van der Waals surface area (Å²) >= 11 is 0. The molecule has 1 heterocycles. The van der Waals surface area contributed by atoms with Gasteiger partial charge in [-0.1, -0.05) is 24.3 Å². The summed E-state index contributed by atoms with van der Waals surface area (Å²) < 4.78 is 0. The van der Waals surface area contributed by atoms with E-state index >= 15 is 0 Å². The van der Waals surface area contributed by atoms with Crippen LogP contribution < -0.4 is 10.6 Å². The van der Waals surface area contributed by atoms with Gasteiger partial charge >= 0.3 is 0 Å². The van der Waals surface area contributed by atoms with Crippen molar-refractivity contribution in [2.75, 3.05) is 26.2 Å². The minimum absolute atomic E-state index is 0.407. The van der Waals surface area contributed by atoms with Gasteiger partial charge in [-0.25, -0.2) is 0 Å². The van der Waals surface area contributed by atoms with Crippen molar-refractivity contribution < 1.29 is 0 Å². The molecule has 0 bridgehead atoms. The van der Waals surface area contributed by atoms with Crippen molar-refractivity contribution in [3.63, 3.8) is 0 Å². The summed E-state index contributed by atoms with van der Waals surface area (Å²) in [6.07, 6.45) is 1.16. The normalized spacial score (nSPS) is 15.9. The Morgan fingerprint density at radius 1 is 1.29 bits per heavy atom. The van der Waals surface area contributed by atoms with E-state index in [1.807, 2.05) is 0 Å². The molecule has 0 saturated carbocycles. The molecule has 0 amide bonds. The van der Waals surface area contributed by atoms with E-state index in [1.165, 1.54) is 11.1 Å².